The van der Waals surface area contributed by atoms with E-state index in [1.807, 2.05) is 39.1 Å². The Morgan fingerprint density at radius 3 is 2.76 bits per heavy atom. The molecule has 0 aliphatic rings. The van der Waals surface area contributed by atoms with E-state index >= 15 is 0 Å². The molecular weight excluding hydrogens is 431 g/mol. The molecule has 0 fully saturated rings. The van der Waals surface area contributed by atoms with E-state index in [1.165, 1.54) is 0 Å². The Balaban J connectivity index is 0.00000312. The third kappa shape index (κ3) is 6.22. The number of hydrogen-bond acceptors (Lipinski definition) is 4. The summed E-state index contributed by atoms with van der Waals surface area (Å²) in [5.41, 5.74) is 2.99. The molecule has 7 heteroatoms. The number of rotatable bonds is 7. The predicted molar refractivity (Wildman–Crippen MR) is 111 cm³/mol. The molecular formula is C18H27IN4O2. The van der Waals surface area contributed by atoms with Gasteiger partial charge in [-0.3, -0.25) is 4.98 Å². The van der Waals surface area contributed by atoms with Crippen LogP contribution >= 0.6 is 24.0 Å². The van der Waals surface area contributed by atoms with E-state index in [0.717, 1.165) is 53.8 Å². The van der Waals surface area contributed by atoms with E-state index in [9.17, 15) is 0 Å². The molecule has 0 aliphatic heterocycles. The molecule has 0 radical (unpaired) electrons. The monoisotopic (exact) mass is 458 g/mol. The van der Waals surface area contributed by atoms with Crippen molar-refractivity contribution in [1.29, 1.82) is 0 Å². The van der Waals surface area contributed by atoms with Gasteiger partial charge in [-0.1, -0.05) is 0 Å². The van der Waals surface area contributed by atoms with Gasteiger partial charge in [0.15, 0.2) is 5.96 Å². The molecule has 6 nitrogen and oxygen atoms in total. The van der Waals surface area contributed by atoms with E-state index in [-0.39, 0.29) is 24.0 Å². The highest BCUT2D eigenvalue weighted by atomic mass is 127. The first-order valence-corrected chi connectivity index (χ1v) is 8.19. The van der Waals surface area contributed by atoms with Gasteiger partial charge in [-0.25, -0.2) is 4.99 Å². The smallest absolute Gasteiger partial charge is 0.191 e. The Labute approximate surface area is 166 Å². The van der Waals surface area contributed by atoms with Crippen molar-refractivity contribution in [3.63, 3.8) is 0 Å². The molecule has 0 aromatic carbocycles. The van der Waals surface area contributed by atoms with Crippen LogP contribution in [0.25, 0.3) is 0 Å². The minimum absolute atomic E-state index is 0. The number of ether oxygens (including phenoxy) is 1. The van der Waals surface area contributed by atoms with E-state index in [0.29, 0.717) is 6.54 Å². The Morgan fingerprint density at radius 2 is 2.12 bits per heavy atom. The lowest BCUT2D eigenvalue weighted by molar-refractivity contribution is 0.407. The van der Waals surface area contributed by atoms with E-state index in [1.54, 1.807) is 13.4 Å². The first kappa shape index (κ1) is 21.3. The van der Waals surface area contributed by atoms with Gasteiger partial charge < -0.3 is 19.8 Å². The molecule has 0 atom stereocenters. The number of furan rings is 1. The highest BCUT2D eigenvalue weighted by Crippen LogP contribution is 2.24. The van der Waals surface area contributed by atoms with Gasteiger partial charge in [0.05, 0.1) is 25.6 Å². The molecule has 0 saturated carbocycles. The van der Waals surface area contributed by atoms with Gasteiger partial charge >= 0.3 is 0 Å². The van der Waals surface area contributed by atoms with Crippen molar-refractivity contribution in [3.8, 4) is 5.75 Å². The number of guanidine groups is 1. The van der Waals surface area contributed by atoms with Gasteiger partial charge in [-0.2, -0.15) is 0 Å². The maximum atomic E-state index is 5.45. The zero-order valence-electron chi connectivity index (χ0n) is 15.3. The first-order valence-electron chi connectivity index (χ1n) is 8.19. The molecule has 0 aliphatic carbocycles. The fourth-order valence-corrected chi connectivity index (χ4v) is 2.49. The predicted octanol–water partition coefficient (Wildman–Crippen LogP) is 3.22. The largest absolute Gasteiger partial charge is 0.496 e. The van der Waals surface area contributed by atoms with Crippen LogP contribution in [-0.4, -0.2) is 31.1 Å². The number of aliphatic imine (C=N–C) groups is 1. The minimum atomic E-state index is 0. The lowest BCUT2D eigenvalue weighted by atomic mass is 10.1. The number of nitrogens with one attached hydrogen (secondary N) is 2. The second kappa shape index (κ2) is 11.0. The van der Waals surface area contributed by atoms with Crippen LogP contribution in [0, 0.1) is 13.8 Å². The summed E-state index contributed by atoms with van der Waals surface area (Å²) in [7, 11) is 1.68. The summed E-state index contributed by atoms with van der Waals surface area (Å²) < 4.78 is 10.8. The van der Waals surface area contributed by atoms with Crippen molar-refractivity contribution >= 4 is 29.9 Å². The van der Waals surface area contributed by atoms with Gasteiger partial charge in [0.25, 0.3) is 0 Å². The Kier molecular flexibility index (Phi) is 9.33. The zero-order chi connectivity index (χ0) is 17.4. The van der Waals surface area contributed by atoms with Crippen LogP contribution in [0.1, 0.15) is 29.5 Å². The molecule has 138 valence electrons. The van der Waals surface area contributed by atoms with Crippen LogP contribution in [0.3, 0.4) is 0 Å². The summed E-state index contributed by atoms with van der Waals surface area (Å²) in [6, 6.07) is 3.87. The second-order valence-electron chi connectivity index (χ2n) is 5.50. The Hall–Kier alpha value is -1.77. The van der Waals surface area contributed by atoms with Crippen LogP contribution in [-0.2, 0) is 13.0 Å². The Morgan fingerprint density at radius 1 is 1.32 bits per heavy atom. The van der Waals surface area contributed by atoms with Crippen LogP contribution in [0.4, 0.5) is 0 Å². The van der Waals surface area contributed by atoms with Crippen LogP contribution in [0.15, 0.2) is 34.0 Å². The van der Waals surface area contributed by atoms with Gasteiger partial charge in [-0.05, 0) is 32.9 Å². The van der Waals surface area contributed by atoms with E-state index < -0.39 is 0 Å². The highest BCUT2D eigenvalue weighted by Gasteiger charge is 2.09. The molecule has 2 aromatic rings. The van der Waals surface area contributed by atoms with Crippen LogP contribution in [0.5, 0.6) is 5.75 Å². The maximum absolute atomic E-state index is 5.45. The summed E-state index contributed by atoms with van der Waals surface area (Å²) in [6.07, 6.45) is 4.33. The summed E-state index contributed by atoms with van der Waals surface area (Å²) >= 11 is 0. The second-order valence-corrected chi connectivity index (χ2v) is 5.50. The number of aryl methyl sites for hydroxylation is 1. The van der Waals surface area contributed by atoms with Crippen molar-refractivity contribution in [1.82, 2.24) is 15.6 Å². The molecule has 0 unspecified atom stereocenters. The maximum Gasteiger partial charge on any atom is 0.191 e. The SMILES string of the molecule is CCNC(=NCc1ncc(C)c(OC)c1C)NCCc1ccco1.I. The molecule has 2 rings (SSSR count). The normalized spacial score (nSPS) is 11.0. The molecule has 2 N–H and O–H groups in total. The molecule has 2 aromatic heterocycles. The number of halogens is 1. The van der Waals surface area contributed by atoms with Crippen LogP contribution in [0.2, 0.25) is 0 Å². The number of nitrogens with zero attached hydrogens (tertiary/aromatic N) is 2. The number of hydrogen-bond donors (Lipinski definition) is 2. The number of methoxy groups -OCH3 is 1. The lowest BCUT2D eigenvalue weighted by Gasteiger charge is -2.13. The fourth-order valence-electron chi connectivity index (χ4n) is 2.49. The van der Waals surface area contributed by atoms with Crippen molar-refractivity contribution in [2.45, 2.75) is 33.7 Å². The zero-order valence-corrected chi connectivity index (χ0v) is 17.6. The van der Waals surface area contributed by atoms with Crippen molar-refractivity contribution in [2.24, 2.45) is 4.99 Å². The average molecular weight is 458 g/mol. The molecule has 0 spiro atoms. The molecule has 0 saturated heterocycles. The third-order valence-corrected chi connectivity index (χ3v) is 3.72. The summed E-state index contributed by atoms with van der Waals surface area (Å²) in [5, 5.41) is 6.55. The summed E-state index contributed by atoms with van der Waals surface area (Å²) in [4.78, 5) is 9.10. The molecule has 2 heterocycles. The van der Waals surface area contributed by atoms with E-state index in [4.69, 9.17) is 9.15 Å². The highest BCUT2D eigenvalue weighted by molar-refractivity contribution is 14.0. The van der Waals surface area contributed by atoms with E-state index in [2.05, 4.69) is 20.6 Å². The van der Waals surface area contributed by atoms with Gasteiger partial charge in [0, 0.05) is 36.8 Å². The standard InChI is InChI=1S/C18H26N4O2.HI/c1-5-19-18(20-9-8-15-7-6-10-24-15)22-12-16-14(3)17(23-4)13(2)11-21-16;/h6-7,10-11H,5,8-9,12H2,1-4H3,(H2,19,20,22);1H. The molecule has 25 heavy (non-hydrogen) atoms. The van der Waals surface area contributed by atoms with Gasteiger partial charge in [-0.15, -0.1) is 24.0 Å². The summed E-state index contributed by atoms with van der Waals surface area (Å²) in [5.74, 6) is 2.61. The molecule has 0 bridgehead atoms. The minimum Gasteiger partial charge on any atom is -0.496 e. The number of pyridine rings is 1. The average Bonchev–Trinajstić information content (AvgIpc) is 3.08. The fraction of sp³-hybridized carbons (Fsp3) is 0.444. The number of aromatic nitrogens is 1. The lowest BCUT2D eigenvalue weighted by Crippen LogP contribution is -2.38. The Bertz CT molecular complexity index is 672. The van der Waals surface area contributed by atoms with Crippen molar-refractivity contribution in [3.05, 3.63) is 47.2 Å². The third-order valence-electron chi connectivity index (χ3n) is 3.72. The topological polar surface area (TPSA) is 71.7 Å². The quantitative estimate of drug-likeness (QED) is 0.379. The van der Waals surface area contributed by atoms with Crippen LogP contribution < -0.4 is 15.4 Å². The van der Waals surface area contributed by atoms with Crippen molar-refractivity contribution in [2.75, 3.05) is 20.2 Å². The van der Waals surface area contributed by atoms with Crippen molar-refractivity contribution < 1.29 is 9.15 Å². The molecule has 0 amide bonds. The van der Waals surface area contributed by atoms with Gasteiger partial charge in [0.2, 0.25) is 0 Å². The summed E-state index contributed by atoms with van der Waals surface area (Å²) in [6.45, 7) is 8.10. The first-order chi connectivity index (χ1) is 11.7. The van der Waals surface area contributed by atoms with Gasteiger partial charge in [0.1, 0.15) is 11.5 Å².